The minimum atomic E-state index is 0.679. The van der Waals surface area contributed by atoms with Crippen molar-refractivity contribution in [2.75, 3.05) is 0 Å². The summed E-state index contributed by atoms with van der Waals surface area (Å²) in [5, 5.41) is 10.8. The van der Waals surface area contributed by atoms with E-state index in [0.717, 1.165) is 72.5 Å². The molecule has 0 aliphatic rings. The molecular formula is C80H50N6. The molecule has 5 heterocycles. The predicted octanol–water partition coefficient (Wildman–Crippen LogP) is 20.7. The summed E-state index contributed by atoms with van der Waals surface area (Å²) in [6.07, 6.45) is 0. The Morgan fingerprint density at radius 3 is 0.907 bits per heavy atom. The van der Waals surface area contributed by atoms with Crippen LogP contribution in [0.1, 0.15) is 0 Å². The van der Waals surface area contributed by atoms with Crippen LogP contribution in [-0.4, -0.2) is 28.2 Å². The maximum Gasteiger partial charge on any atom is 0.160 e. The van der Waals surface area contributed by atoms with Gasteiger partial charge in [0.15, 0.2) is 5.82 Å². The molecule has 0 aliphatic carbocycles. The van der Waals surface area contributed by atoms with E-state index in [-0.39, 0.29) is 0 Å². The highest BCUT2D eigenvalue weighted by atomic mass is 15.0. The van der Waals surface area contributed by atoms with E-state index in [0.29, 0.717) is 5.82 Å². The largest absolute Gasteiger partial charge is 0.309 e. The van der Waals surface area contributed by atoms with Gasteiger partial charge < -0.3 is 18.3 Å². The summed E-state index contributed by atoms with van der Waals surface area (Å²) in [5.41, 5.74) is 22.3. The van der Waals surface area contributed by atoms with E-state index in [9.17, 15) is 0 Å². The molecule has 400 valence electrons. The molecule has 18 aromatic rings. The first-order valence-electron chi connectivity index (χ1n) is 29.4. The van der Waals surface area contributed by atoms with E-state index in [1.54, 1.807) is 0 Å². The molecule has 0 saturated carbocycles. The van der Waals surface area contributed by atoms with Crippen LogP contribution in [0.2, 0.25) is 0 Å². The number of hydrogen-bond acceptors (Lipinski definition) is 2. The Balaban J connectivity index is 0.709. The maximum absolute atomic E-state index is 5.45. The average molecular weight is 1100 g/mol. The third kappa shape index (κ3) is 7.40. The Kier molecular flexibility index (Phi) is 10.6. The Morgan fingerprint density at radius 1 is 0.186 bits per heavy atom. The molecule has 86 heavy (non-hydrogen) atoms. The van der Waals surface area contributed by atoms with Crippen molar-refractivity contribution in [1.29, 1.82) is 0 Å². The number of para-hydroxylation sites is 6. The molecule has 0 amide bonds. The second kappa shape index (κ2) is 19.0. The molecule has 18 rings (SSSR count). The van der Waals surface area contributed by atoms with Gasteiger partial charge in [-0.15, -0.1) is 0 Å². The van der Waals surface area contributed by atoms with Gasteiger partial charge in [-0.05, 0) is 162 Å². The number of hydrogen-bond donors (Lipinski definition) is 0. The predicted molar refractivity (Wildman–Crippen MR) is 359 cm³/mol. The highest BCUT2D eigenvalue weighted by Crippen LogP contribution is 2.42. The SMILES string of the molecule is c1ccc(-c2nc(-c3ccc(-n4c5ccccc5c5cc(-c6ccc7c(c6)c6ccccc6n7-c6ccccc6)ccc54)cc3)nc3ccc(-n4c5ccccc5c5cc(-c6ccc7c(c6)c6ccccc6n7-c6ccccc6)ccc54)cc23)cc1. The van der Waals surface area contributed by atoms with Crippen LogP contribution < -0.4 is 0 Å². The summed E-state index contributed by atoms with van der Waals surface area (Å²) < 4.78 is 9.52. The van der Waals surface area contributed by atoms with Crippen molar-refractivity contribution in [1.82, 2.24) is 28.2 Å². The van der Waals surface area contributed by atoms with Gasteiger partial charge in [0, 0.05) is 82.4 Å². The zero-order valence-corrected chi connectivity index (χ0v) is 46.6. The van der Waals surface area contributed by atoms with E-state index >= 15 is 0 Å². The number of aromatic nitrogens is 6. The zero-order chi connectivity index (χ0) is 56.4. The summed E-state index contributed by atoms with van der Waals surface area (Å²) in [4.78, 5) is 10.8. The summed E-state index contributed by atoms with van der Waals surface area (Å²) in [5.74, 6) is 0.679. The van der Waals surface area contributed by atoms with E-state index < -0.39 is 0 Å². The van der Waals surface area contributed by atoms with Crippen molar-refractivity contribution < 1.29 is 0 Å². The molecule has 0 spiro atoms. The molecule has 0 radical (unpaired) electrons. The van der Waals surface area contributed by atoms with E-state index in [2.05, 4.69) is 322 Å². The molecular weight excluding hydrogens is 1040 g/mol. The molecule has 0 atom stereocenters. The van der Waals surface area contributed by atoms with Gasteiger partial charge in [-0.25, -0.2) is 9.97 Å². The molecule has 6 heteroatoms. The van der Waals surface area contributed by atoms with Gasteiger partial charge in [0.2, 0.25) is 0 Å². The molecule has 0 unspecified atom stereocenters. The smallest absolute Gasteiger partial charge is 0.160 e. The van der Waals surface area contributed by atoms with Crippen molar-refractivity contribution in [3.63, 3.8) is 0 Å². The summed E-state index contributed by atoms with van der Waals surface area (Å²) in [7, 11) is 0. The van der Waals surface area contributed by atoms with Crippen LogP contribution in [0.5, 0.6) is 0 Å². The van der Waals surface area contributed by atoms with Gasteiger partial charge in [-0.2, -0.15) is 0 Å². The molecule has 5 aromatic heterocycles. The van der Waals surface area contributed by atoms with E-state index in [1.165, 1.54) is 87.4 Å². The lowest BCUT2D eigenvalue weighted by atomic mass is 10.0. The number of fused-ring (bicyclic) bond motifs is 13. The first-order valence-corrected chi connectivity index (χ1v) is 29.4. The Bertz CT molecular complexity index is 5750. The normalized spacial score (nSPS) is 12.0. The van der Waals surface area contributed by atoms with Crippen molar-refractivity contribution in [2.24, 2.45) is 0 Å². The fourth-order valence-corrected chi connectivity index (χ4v) is 13.8. The maximum atomic E-state index is 5.45. The second-order valence-electron chi connectivity index (χ2n) is 22.5. The average Bonchev–Trinajstić information content (AvgIpc) is 2.59. The molecule has 6 nitrogen and oxygen atoms in total. The number of benzene rings is 13. The monoisotopic (exact) mass is 1090 g/mol. The van der Waals surface area contributed by atoms with Gasteiger partial charge in [0.1, 0.15) is 0 Å². The lowest BCUT2D eigenvalue weighted by Gasteiger charge is -2.14. The van der Waals surface area contributed by atoms with Gasteiger partial charge in [-0.3, -0.25) is 0 Å². The van der Waals surface area contributed by atoms with Crippen LogP contribution in [0.15, 0.2) is 303 Å². The van der Waals surface area contributed by atoms with Crippen molar-refractivity contribution in [3.8, 4) is 67.6 Å². The minimum absolute atomic E-state index is 0.679. The highest BCUT2D eigenvalue weighted by Gasteiger charge is 2.21. The molecule has 0 N–H and O–H groups in total. The molecule has 0 bridgehead atoms. The number of rotatable bonds is 8. The molecule has 0 saturated heterocycles. The Hall–Kier alpha value is -11.6. The third-order valence-electron chi connectivity index (χ3n) is 17.8. The second-order valence-corrected chi connectivity index (χ2v) is 22.5. The molecule has 13 aromatic carbocycles. The van der Waals surface area contributed by atoms with Crippen molar-refractivity contribution in [3.05, 3.63) is 303 Å². The quantitative estimate of drug-likeness (QED) is 0.152. The van der Waals surface area contributed by atoms with Crippen LogP contribution in [0.25, 0.3) is 166 Å². The number of nitrogens with zero attached hydrogens (tertiary/aromatic N) is 6. The fourth-order valence-electron chi connectivity index (χ4n) is 13.8. The zero-order valence-electron chi connectivity index (χ0n) is 46.6. The summed E-state index contributed by atoms with van der Waals surface area (Å²) >= 11 is 0. The Labute approximate surface area is 494 Å². The lowest BCUT2D eigenvalue weighted by molar-refractivity contribution is 1.17. The van der Waals surface area contributed by atoms with Crippen LogP contribution in [0.4, 0.5) is 0 Å². The Morgan fingerprint density at radius 2 is 0.500 bits per heavy atom. The molecule has 0 fully saturated rings. The van der Waals surface area contributed by atoms with E-state index in [4.69, 9.17) is 9.97 Å². The summed E-state index contributed by atoms with van der Waals surface area (Å²) in [6.45, 7) is 0. The van der Waals surface area contributed by atoms with Gasteiger partial charge in [0.25, 0.3) is 0 Å². The standard InChI is InChI=1S/C80H50N6/c1-4-18-51(19-5-1)79-69-50-60(86-74-31-17-13-27-64(74)68-49-56(37-45-78(68)86)54-35-43-76-66(47-54)62-25-11-15-29-72(62)84(76)58-22-8-3-9-23-58)40-41-70(69)81-80(82-79)52-32-38-59(39-33-52)85-73-30-16-12-26-63(73)67-48-55(36-44-77(67)85)53-34-42-75-65(46-53)61-24-10-14-28-71(61)83(75)57-20-6-2-7-21-57/h1-50H. The van der Waals surface area contributed by atoms with Crippen LogP contribution >= 0.6 is 0 Å². The fraction of sp³-hybridized carbons (Fsp3) is 0. The highest BCUT2D eigenvalue weighted by molar-refractivity contribution is 6.15. The summed E-state index contributed by atoms with van der Waals surface area (Å²) in [6, 6.07) is 110. The van der Waals surface area contributed by atoms with Crippen molar-refractivity contribution in [2.45, 2.75) is 0 Å². The topological polar surface area (TPSA) is 45.5 Å². The minimum Gasteiger partial charge on any atom is -0.309 e. The first kappa shape index (κ1) is 48.0. The van der Waals surface area contributed by atoms with Crippen LogP contribution in [-0.2, 0) is 0 Å². The lowest BCUT2D eigenvalue weighted by Crippen LogP contribution is -1.99. The first-order chi connectivity index (χ1) is 42.6. The van der Waals surface area contributed by atoms with Gasteiger partial charge in [0.05, 0.1) is 55.3 Å². The third-order valence-corrected chi connectivity index (χ3v) is 17.8. The van der Waals surface area contributed by atoms with E-state index in [1.807, 2.05) is 0 Å². The van der Waals surface area contributed by atoms with Crippen molar-refractivity contribution >= 4 is 98.1 Å². The van der Waals surface area contributed by atoms with Crippen LogP contribution in [0, 0.1) is 0 Å². The van der Waals surface area contributed by atoms with Gasteiger partial charge >= 0.3 is 0 Å². The van der Waals surface area contributed by atoms with Crippen LogP contribution in [0.3, 0.4) is 0 Å². The van der Waals surface area contributed by atoms with Gasteiger partial charge in [-0.1, -0.05) is 164 Å². The molecule has 0 aliphatic heterocycles.